The van der Waals surface area contributed by atoms with E-state index < -0.39 is 0 Å². The first-order chi connectivity index (χ1) is 10.4. The molecule has 0 aliphatic heterocycles. The topological polar surface area (TPSA) is 51.4 Å². The largest absolute Gasteiger partial charge is 0.496 e. The fourth-order valence-electron chi connectivity index (χ4n) is 2.12. The minimum atomic E-state index is 0.0312. The van der Waals surface area contributed by atoms with Gasteiger partial charge in [0.2, 0.25) is 5.89 Å². The van der Waals surface area contributed by atoms with Gasteiger partial charge in [-0.25, -0.2) is 0 Å². The summed E-state index contributed by atoms with van der Waals surface area (Å²) >= 11 is 3.50. The Morgan fingerprint density at radius 1 is 1.32 bits per heavy atom. The molecule has 5 nitrogen and oxygen atoms in total. The normalized spacial score (nSPS) is 12.9. The lowest BCUT2D eigenvalue weighted by Gasteiger charge is -2.22. The Morgan fingerprint density at radius 2 is 2.05 bits per heavy atom. The van der Waals surface area contributed by atoms with E-state index in [-0.39, 0.29) is 12.0 Å². The molecule has 120 valence electrons. The zero-order valence-electron chi connectivity index (χ0n) is 13.6. The molecule has 1 aromatic carbocycles. The van der Waals surface area contributed by atoms with Crippen LogP contribution < -0.4 is 4.74 Å². The fraction of sp³-hybridized carbons (Fsp3) is 0.500. The Hall–Kier alpha value is -1.40. The van der Waals surface area contributed by atoms with Crippen molar-refractivity contribution in [3.63, 3.8) is 0 Å². The second-order valence-corrected chi connectivity index (χ2v) is 6.61. The number of methoxy groups -OCH3 is 1. The van der Waals surface area contributed by atoms with Crippen molar-refractivity contribution >= 4 is 15.9 Å². The van der Waals surface area contributed by atoms with E-state index >= 15 is 0 Å². The zero-order chi connectivity index (χ0) is 16.3. The molecule has 1 atom stereocenters. The second-order valence-electron chi connectivity index (χ2n) is 5.69. The van der Waals surface area contributed by atoms with Crippen LogP contribution in [-0.2, 0) is 6.54 Å². The van der Waals surface area contributed by atoms with E-state index in [2.05, 4.69) is 57.8 Å². The van der Waals surface area contributed by atoms with Crippen molar-refractivity contribution < 1.29 is 9.26 Å². The van der Waals surface area contributed by atoms with Crippen LogP contribution in [0.4, 0.5) is 0 Å². The van der Waals surface area contributed by atoms with Crippen molar-refractivity contribution in [1.82, 2.24) is 15.0 Å². The van der Waals surface area contributed by atoms with Crippen molar-refractivity contribution in [1.29, 1.82) is 0 Å². The molecule has 0 spiro atoms. The molecule has 0 aliphatic carbocycles. The van der Waals surface area contributed by atoms with Gasteiger partial charge in [-0.15, -0.1) is 0 Å². The highest BCUT2D eigenvalue weighted by Crippen LogP contribution is 2.27. The second kappa shape index (κ2) is 7.24. The number of halogens is 1. The average molecular weight is 368 g/mol. The quantitative estimate of drug-likeness (QED) is 0.767. The third-order valence-corrected chi connectivity index (χ3v) is 4.15. The maximum absolute atomic E-state index is 5.42. The number of hydrogen-bond donors (Lipinski definition) is 0. The predicted molar refractivity (Wildman–Crippen MR) is 89.0 cm³/mol. The van der Waals surface area contributed by atoms with E-state index in [0.717, 1.165) is 28.2 Å². The van der Waals surface area contributed by atoms with E-state index in [0.29, 0.717) is 5.89 Å². The third kappa shape index (κ3) is 3.87. The summed E-state index contributed by atoms with van der Waals surface area (Å²) in [6, 6.07) is 6.03. The SMILES string of the molecule is COc1ccc(Br)cc1CN(C)C(C)c1nc(C(C)C)no1. The molecule has 0 amide bonds. The van der Waals surface area contributed by atoms with Crippen LogP contribution in [0, 0.1) is 0 Å². The van der Waals surface area contributed by atoms with Gasteiger partial charge in [-0.05, 0) is 32.2 Å². The zero-order valence-corrected chi connectivity index (χ0v) is 15.2. The minimum absolute atomic E-state index is 0.0312. The summed E-state index contributed by atoms with van der Waals surface area (Å²) in [5, 5.41) is 4.03. The molecule has 0 fully saturated rings. The van der Waals surface area contributed by atoms with Gasteiger partial charge in [-0.2, -0.15) is 4.98 Å². The monoisotopic (exact) mass is 367 g/mol. The van der Waals surface area contributed by atoms with Crippen molar-refractivity contribution in [2.24, 2.45) is 0 Å². The van der Waals surface area contributed by atoms with Crippen LogP contribution in [0.15, 0.2) is 27.2 Å². The van der Waals surface area contributed by atoms with Crippen LogP contribution in [0.5, 0.6) is 5.75 Å². The van der Waals surface area contributed by atoms with E-state index in [1.165, 1.54) is 0 Å². The summed E-state index contributed by atoms with van der Waals surface area (Å²) in [6.07, 6.45) is 0. The smallest absolute Gasteiger partial charge is 0.243 e. The number of hydrogen-bond acceptors (Lipinski definition) is 5. The minimum Gasteiger partial charge on any atom is -0.496 e. The number of ether oxygens (including phenoxy) is 1. The molecule has 2 rings (SSSR count). The Morgan fingerprint density at radius 3 is 2.64 bits per heavy atom. The third-order valence-electron chi connectivity index (χ3n) is 3.65. The molecule has 6 heteroatoms. The lowest BCUT2D eigenvalue weighted by molar-refractivity contribution is 0.200. The highest BCUT2D eigenvalue weighted by Gasteiger charge is 2.21. The summed E-state index contributed by atoms with van der Waals surface area (Å²) in [4.78, 5) is 6.63. The summed E-state index contributed by atoms with van der Waals surface area (Å²) < 4.78 is 11.8. The number of nitrogens with zero attached hydrogens (tertiary/aromatic N) is 3. The van der Waals surface area contributed by atoms with Gasteiger partial charge in [0.25, 0.3) is 0 Å². The molecule has 1 aromatic heterocycles. The van der Waals surface area contributed by atoms with Gasteiger partial charge in [0.1, 0.15) is 5.75 Å². The van der Waals surface area contributed by atoms with Gasteiger partial charge in [-0.3, -0.25) is 4.90 Å². The molecule has 0 aliphatic rings. The molecule has 1 unspecified atom stereocenters. The van der Waals surface area contributed by atoms with Crippen LogP contribution in [0.3, 0.4) is 0 Å². The summed E-state index contributed by atoms with van der Waals surface area (Å²) in [5.41, 5.74) is 1.11. The molecule has 0 saturated carbocycles. The van der Waals surface area contributed by atoms with Gasteiger partial charge in [-0.1, -0.05) is 34.9 Å². The molecule has 2 aromatic rings. The number of aromatic nitrogens is 2. The van der Waals surface area contributed by atoms with Crippen LogP contribution in [0.1, 0.15) is 50.0 Å². The van der Waals surface area contributed by atoms with Crippen molar-refractivity contribution in [3.05, 3.63) is 40.0 Å². The molecular formula is C16H22BrN3O2. The Kier molecular flexibility index (Phi) is 5.58. The maximum atomic E-state index is 5.42. The van der Waals surface area contributed by atoms with Crippen LogP contribution >= 0.6 is 15.9 Å². The Balaban J connectivity index is 2.13. The highest BCUT2D eigenvalue weighted by molar-refractivity contribution is 9.10. The summed E-state index contributed by atoms with van der Waals surface area (Å²) in [6.45, 7) is 6.88. The first-order valence-electron chi connectivity index (χ1n) is 7.28. The van der Waals surface area contributed by atoms with Crippen LogP contribution in [0.2, 0.25) is 0 Å². The maximum Gasteiger partial charge on any atom is 0.243 e. The molecule has 0 bridgehead atoms. The highest BCUT2D eigenvalue weighted by atomic mass is 79.9. The molecule has 0 radical (unpaired) electrons. The molecule has 1 heterocycles. The first kappa shape index (κ1) is 17.0. The summed E-state index contributed by atoms with van der Waals surface area (Å²) in [7, 11) is 3.72. The van der Waals surface area contributed by atoms with Gasteiger partial charge in [0, 0.05) is 22.5 Å². The Bertz CT molecular complexity index is 628. The lowest BCUT2D eigenvalue weighted by Crippen LogP contribution is -2.22. The number of rotatable bonds is 6. The standard InChI is InChI=1S/C16H22BrN3O2/c1-10(2)15-18-16(22-19-15)11(3)20(4)9-12-8-13(17)6-7-14(12)21-5/h6-8,10-11H,9H2,1-5H3. The molecular weight excluding hydrogens is 346 g/mol. The lowest BCUT2D eigenvalue weighted by atomic mass is 10.1. The Labute approximate surface area is 139 Å². The van der Waals surface area contributed by atoms with E-state index in [1.807, 2.05) is 19.2 Å². The van der Waals surface area contributed by atoms with E-state index in [4.69, 9.17) is 9.26 Å². The van der Waals surface area contributed by atoms with Crippen LogP contribution in [0.25, 0.3) is 0 Å². The average Bonchev–Trinajstić information content (AvgIpc) is 2.96. The predicted octanol–water partition coefficient (Wildman–Crippen LogP) is 4.16. The van der Waals surface area contributed by atoms with Gasteiger partial charge in [0.15, 0.2) is 5.82 Å². The molecule has 0 saturated heterocycles. The summed E-state index contributed by atoms with van der Waals surface area (Å²) in [5.74, 6) is 2.52. The van der Waals surface area contributed by atoms with Gasteiger partial charge >= 0.3 is 0 Å². The van der Waals surface area contributed by atoms with Crippen LogP contribution in [-0.4, -0.2) is 29.2 Å². The van der Waals surface area contributed by atoms with E-state index in [1.54, 1.807) is 7.11 Å². The number of benzene rings is 1. The van der Waals surface area contributed by atoms with Crippen molar-refractivity contribution in [3.8, 4) is 5.75 Å². The van der Waals surface area contributed by atoms with Gasteiger partial charge in [0.05, 0.1) is 13.2 Å². The molecule has 22 heavy (non-hydrogen) atoms. The van der Waals surface area contributed by atoms with Crippen molar-refractivity contribution in [2.45, 2.75) is 39.3 Å². The van der Waals surface area contributed by atoms with E-state index in [9.17, 15) is 0 Å². The fourth-order valence-corrected chi connectivity index (χ4v) is 2.52. The van der Waals surface area contributed by atoms with Gasteiger partial charge < -0.3 is 9.26 Å². The first-order valence-corrected chi connectivity index (χ1v) is 8.07. The molecule has 0 N–H and O–H groups in total. The van der Waals surface area contributed by atoms with Crippen molar-refractivity contribution in [2.75, 3.05) is 14.2 Å².